The van der Waals surface area contributed by atoms with Gasteiger partial charge >= 0.3 is 65.2 Å². The van der Waals surface area contributed by atoms with Gasteiger partial charge in [-0.15, -0.1) is 0 Å². The molecule has 0 fully saturated rings. The minimum Gasteiger partial charge on any atom is -1.00 e. The van der Waals surface area contributed by atoms with Gasteiger partial charge in [0, 0.05) is 0 Å². The zero-order chi connectivity index (χ0) is 23.0. The van der Waals surface area contributed by atoms with Crippen molar-refractivity contribution in [1.82, 2.24) is 0 Å². The third kappa shape index (κ3) is 13.1. The van der Waals surface area contributed by atoms with E-state index < -0.39 is 0 Å². The van der Waals surface area contributed by atoms with Crippen molar-refractivity contribution in [2.24, 2.45) is 0 Å². The second-order valence-corrected chi connectivity index (χ2v) is 10.4. The molecule has 0 saturated heterocycles. The number of halogens is 3. The molecule has 0 aliphatic heterocycles. The third-order valence-corrected chi connectivity index (χ3v) is 8.05. The van der Waals surface area contributed by atoms with E-state index in [1.807, 2.05) is 0 Å². The van der Waals surface area contributed by atoms with Gasteiger partial charge in [0.1, 0.15) is 0 Å². The summed E-state index contributed by atoms with van der Waals surface area (Å²) in [4.78, 5) is 0. The second kappa shape index (κ2) is 23.5. The van der Waals surface area contributed by atoms with E-state index in [1.54, 1.807) is 33.4 Å². The second-order valence-electron chi connectivity index (χ2n) is 10.4. The maximum absolute atomic E-state index is 2.40. The van der Waals surface area contributed by atoms with E-state index in [2.05, 4.69) is 57.2 Å². The fraction of sp³-hybridized carbons (Fsp3) is 0.545. The molecular weight excluding hydrogens is 646 g/mol. The maximum Gasteiger partial charge on any atom is 2.00 e. The van der Waals surface area contributed by atoms with Crippen LogP contribution in [-0.2, 0) is 123 Å². The molecule has 6 rings (SSSR count). The van der Waals surface area contributed by atoms with Gasteiger partial charge in [0.15, 0.2) is 0 Å². The maximum atomic E-state index is 2.40. The minimum absolute atomic E-state index is 0. The monoisotopic (exact) mass is 690 g/mol. The van der Waals surface area contributed by atoms with Gasteiger partial charge in [-0.25, -0.2) is 18.2 Å². The first kappa shape index (κ1) is 44.5. The van der Waals surface area contributed by atoms with E-state index >= 15 is 0 Å². The fourth-order valence-electron chi connectivity index (χ4n) is 5.93. The zero-order valence-electron chi connectivity index (χ0n) is 24.2. The Hall–Kier alpha value is 1.06. The summed E-state index contributed by atoms with van der Waals surface area (Å²) < 4.78 is 0. The number of rotatable bonds is 3. The van der Waals surface area contributed by atoms with Crippen LogP contribution in [0.1, 0.15) is 109 Å². The van der Waals surface area contributed by atoms with Crippen LogP contribution in [0.5, 0.6) is 0 Å². The molecule has 3 aromatic rings. The molecule has 3 aliphatic rings. The molecule has 39 heavy (non-hydrogen) atoms. The quantitative estimate of drug-likeness (QED) is 0.258. The predicted octanol–water partition coefficient (Wildman–Crippen LogP) is -0.455. The van der Waals surface area contributed by atoms with Gasteiger partial charge in [-0.05, 0) is 0 Å². The van der Waals surface area contributed by atoms with Crippen molar-refractivity contribution < 1.29 is 102 Å². The molecule has 3 aliphatic carbocycles. The molecule has 0 aromatic heterocycles. The van der Waals surface area contributed by atoms with Gasteiger partial charge in [0.2, 0.25) is 0 Å². The molecule has 0 heterocycles. The SMILES string of the molecule is CCc1cc2c([cH-]1)CCCC2.CCc1cc2c([cH-]1)CCCC2.CCc1cc2c([cH-]1)CCCC2.[Cl-].[Cl-].[Cl-].[Ti+2].[Ti+2].[Ti+2]. The molecule has 0 amide bonds. The molecule has 0 radical (unpaired) electrons. The van der Waals surface area contributed by atoms with Gasteiger partial charge in [-0.3, -0.25) is 0 Å². The van der Waals surface area contributed by atoms with Crippen LogP contribution < -0.4 is 37.2 Å². The Balaban J connectivity index is -0.000000463. The summed E-state index contributed by atoms with van der Waals surface area (Å²) >= 11 is 0. The topological polar surface area (TPSA) is 0 Å². The molecule has 0 bridgehead atoms. The molecule has 210 valence electrons. The van der Waals surface area contributed by atoms with E-state index in [0.29, 0.717) is 0 Å². The fourth-order valence-corrected chi connectivity index (χ4v) is 5.93. The van der Waals surface area contributed by atoms with E-state index in [4.69, 9.17) is 0 Å². The number of hydrogen-bond donors (Lipinski definition) is 0. The van der Waals surface area contributed by atoms with E-state index in [9.17, 15) is 0 Å². The molecule has 0 spiro atoms. The third-order valence-electron chi connectivity index (χ3n) is 8.05. The van der Waals surface area contributed by atoms with Gasteiger partial charge in [-0.2, -0.15) is 68.3 Å². The molecule has 0 unspecified atom stereocenters. The van der Waals surface area contributed by atoms with Crippen LogP contribution in [0.15, 0.2) is 36.4 Å². The first-order chi connectivity index (χ1) is 16.2. The molecule has 3 aromatic carbocycles. The smallest absolute Gasteiger partial charge is 1.00 e. The van der Waals surface area contributed by atoms with Crippen molar-refractivity contribution in [3.05, 3.63) is 86.5 Å². The van der Waals surface area contributed by atoms with Crippen molar-refractivity contribution in [2.45, 2.75) is 117 Å². The van der Waals surface area contributed by atoms with E-state index in [0.717, 1.165) is 0 Å². The molecular formula is C33H45Cl3Ti3. The summed E-state index contributed by atoms with van der Waals surface area (Å²) in [6, 6.07) is 14.4. The predicted molar refractivity (Wildman–Crippen MR) is 144 cm³/mol. The standard InChI is InChI=1S/3C11H15.3ClH.3Ti/c3*1-2-9-7-10-5-3-4-6-11(10)8-9;;;;;;/h3*7-8H,2-6H2,1H3;3*1H;;;/q3*-1;;;;3*+2/p-3. The average Bonchev–Trinajstić information content (AvgIpc) is 3.59. The Morgan fingerprint density at radius 3 is 0.872 bits per heavy atom. The van der Waals surface area contributed by atoms with Crippen LogP contribution in [0.3, 0.4) is 0 Å². The normalized spacial score (nSPS) is 13.9. The van der Waals surface area contributed by atoms with Crippen LogP contribution in [0.2, 0.25) is 0 Å². The molecule has 0 N–H and O–H groups in total. The summed E-state index contributed by atoms with van der Waals surface area (Å²) in [5.74, 6) is 0. The number of fused-ring (bicyclic) bond motifs is 3. The van der Waals surface area contributed by atoms with Crippen LogP contribution in [0, 0.1) is 0 Å². The number of aryl methyl sites for hydroxylation is 9. The Kier molecular flexibility index (Phi) is 26.8. The van der Waals surface area contributed by atoms with Crippen molar-refractivity contribution in [1.29, 1.82) is 0 Å². The van der Waals surface area contributed by atoms with E-state index in [1.165, 1.54) is 113 Å². The first-order valence-corrected chi connectivity index (χ1v) is 14.0. The minimum atomic E-state index is 0. The van der Waals surface area contributed by atoms with Crippen LogP contribution in [0.4, 0.5) is 0 Å². The van der Waals surface area contributed by atoms with E-state index in [-0.39, 0.29) is 102 Å². The van der Waals surface area contributed by atoms with Crippen LogP contribution >= 0.6 is 0 Å². The van der Waals surface area contributed by atoms with Crippen LogP contribution in [-0.4, -0.2) is 0 Å². The summed E-state index contributed by atoms with van der Waals surface area (Å²) in [7, 11) is 0. The molecule has 0 saturated carbocycles. The summed E-state index contributed by atoms with van der Waals surface area (Å²) in [5.41, 5.74) is 14.4. The molecule has 0 nitrogen and oxygen atoms in total. The Morgan fingerprint density at radius 1 is 0.436 bits per heavy atom. The molecule has 6 heteroatoms. The number of hydrogen-bond acceptors (Lipinski definition) is 0. The molecule has 0 atom stereocenters. The van der Waals surface area contributed by atoms with Crippen molar-refractivity contribution in [2.75, 3.05) is 0 Å². The Labute approximate surface area is 303 Å². The van der Waals surface area contributed by atoms with Crippen molar-refractivity contribution in [3.8, 4) is 0 Å². The van der Waals surface area contributed by atoms with Gasteiger partial charge in [-0.1, -0.05) is 117 Å². The van der Waals surface area contributed by atoms with Gasteiger partial charge < -0.3 is 37.2 Å². The van der Waals surface area contributed by atoms with Crippen molar-refractivity contribution >= 4 is 0 Å². The Bertz CT molecular complexity index is 816. The largest absolute Gasteiger partial charge is 2.00 e. The average molecular weight is 692 g/mol. The van der Waals surface area contributed by atoms with Gasteiger partial charge in [0.05, 0.1) is 0 Å². The van der Waals surface area contributed by atoms with Crippen molar-refractivity contribution in [3.63, 3.8) is 0 Å². The zero-order valence-corrected chi connectivity index (χ0v) is 31.2. The summed E-state index contributed by atoms with van der Waals surface area (Å²) in [6.45, 7) is 6.71. The van der Waals surface area contributed by atoms with Crippen LogP contribution in [0.25, 0.3) is 0 Å². The summed E-state index contributed by atoms with van der Waals surface area (Å²) in [6.07, 6.45) is 20.0. The first-order valence-electron chi connectivity index (χ1n) is 14.0. The Morgan fingerprint density at radius 2 is 0.667 bits per heavy atom. The van der Waals surface area contributed by atoms with Gasteiger partial charge in [0.25, 0.3) is 0 Å². The summed E-state index contributed by atoms with van der Waals surface area (Å²) in [5, 5.41) is 0.